The van der Waals surface area contributed by atoms with Crippen LogP contribution in [0.15, 0.2) is 73.2 Å². The molecule has 0 radical (unpaired) electrons. The number of H-pyrrole nitrogens is 1. The van der Waals surface area contributed by atoms with Gasteiger partial charge in [-0.2, -0.15) is 0 Å². The number of nitrogens with zero attached hydrogens (tertiary/aromatic N) is 1. The fourth-order valence-electron chi connectivity index (χ4n) is 3.28. The van der Waals surface area contributed by atoms with Gasteiger partial charge in [0.1, 0.15) is 0 Å². The van der Waals surface area contributed by atoms with Gasteiger partial charge in [0.15, 0.2) is 0 Å². The van der Waals surface area contributed by atoms with Crippen LogP contribution in [0.1, 0.15) is 27.0 Å². The monoisotopic (exact) mass is 389 g/mol. The van der Waals surface area contributed by atoms with Gasteiger partial charge in [0.05, 0.1) is 0 Å². The molecule has 2 aromatic carbocycles. The van der Waals surface area contributed by atoms with E-state index in [2.05, 4.69) is 15.3 Å². The topological polar surface area (TPSA) is 57.8 Å². The number of pyridine rings is 1. The SMILES string of the molecule is O=C(NCCc1c[nH]c2ccc(Cl)cc12)c1ccc(Cc2ccncc2)cc1. The Morgan fingerprint density at radius 3 is 2.54 bits per heavy atom. The molecule has 0 aliphatic rings. The van der Waals surface area contributed by atoms with Crippen LogP contribution in [0.3, 0.4) is 0 Å². The van der Waals surface area contributed by atoms with Crippen molar-refractivity contribution < 1.29 is 4.79 Å². The van der Waals surface area contributed by atoms with Gasteiger partial charge in [-0.3, -0.25) is 9.78 Å². The number of fused-ring (bicyclic) bond motifs is 1. The second kappa shape index (κ2) is 8.28. The van der Waals surface area contributed by atoms with Gasteiger partial charge >= 0.3 is 0 Å². The van der Waals surface area contributed by atoms with Gasteiger partial charge in [0.2, 0.25) is 0 Å². The van der Waals surface area contributed by atoms with Gasteiger partial charge in [-0.25, -0.2) is 0 Å². The highest BCUT2D eigenvalue weighted by Gasteiger charge is 2.08. The van der Waals surface area contributed by atoms with E-state index in [-0.39, 0.29) is 5.91 Å². The summed E-state index contributed by atoms with van der Waals surface area (Å²) in [4.78, 5) is 19.7. The summed E-state index contributed by atoms with van der Waals surface area (Å²) in [6.07, 6.45) is 7.12. The zero-order valence-corrected chi connectivity index (χ0v) is 16.0. The van der Waals surface area contributed by atoms with Gasteiger partial charge in [-0.05, 0) is 72.0 Å². The van der Waals surface area contributed by atoms with Crippen molar-refractivity contribution in [3.8, 4) is 0 Å². The zero-order valence-electron chi connectivity index (χ0n) is 15.3. The summed E-state index contributed by atoms with van der Waals surface area (Å²) in [5.41, 5.74) is 5.23. The molecule has 2 heterocycles. The van der Waals surface area contributed by atoms with Crippen molar-refractivity contribution in [3.05, 3.63) is 100 Å². The smallest absolute Gasteiger partial charge is 0.251 e. The third-order valence-electron chi connectivity index (χ3n) is 4.78. The molecule has 0 spiro atoms. The van der Waals surface area contributed by atoms with E-state index < -0.39 is 0 Å². The summed E-state index contributed by atoms with van der Waals surface area (Å²) in [7, 11) is 0. The van der Waals surface area contributed by atoms with Gasteiger partial charge in [-0.1, -0.05) is 23.7 Å². The molecule has 0 aliphatic carbocycles. The summed E-state index contributed by atoms with van der Waals surface area (Å²) in [5.74, 6) is -0.0617. The first-order valence-corrected chi connectivity index (χ1v) is 9.58. The van der Waals surface area contributed by atoms with E-state index in [0.717, 1.165) is 29.3 Å². The Hall–Kier alpha value is -3.11. The molecule has 1 amide bonds. The minimum atomic E-state index is -0.0617. The zero-order chi connectivity index (χ0) is 19.3. The minimum absolute atomic E-state index is 0.0617. The lowest BCUT2D eigenvalue weighted by atomic mass is 10.0. The number of amides is 1. The average Bonchev–Trinajstić information content (AvgIpc) is 3.11. The Labute approximate surface area is 168 Å². The van der Waals surface area contributed by atoms with E-state index in [1.165, 1.54) is 11.1 Å². The highest BCUT2D eigenvalue weighted by Crippen LogP contribution is 2.22. The molecule has 2 aromatic heterocycles. The first kappa shape index (κ1) is 18.3. The van der Waals surface area contributed by atoms with Crippen molar-refractivity contribution in [1.29, 1.82) is 0 Å². The van der Waals surface area contributed by atoms with Crippen LogP contribution in [0.2, 0.25) is 5.02 Å². The molecule has 5 heteroatoms. The van der Waals surface area contributed by atoms with E-state index in [1.807, 2.05) is 60.8 Å². The van der Waals surface area contributed by atoms with E-state index in [4.69, 9.17) is 11.6 Å². The summed E-state index contributed by atoms with van der Waals surface area (Å²) >= 11 is 6.09. The molecule has 0 saturated heterocycles. The number of halogens is 1. The highest BCUT2D eigenvalue weighted by atomic mass is 35.5. The average molecular weight is 390 g/mol. The van der Waals surface area contributed by atoms with E-state index in [0.29, 0.717) is 17.1 Å². The van der Waals surface area contributed by atoms with Crippen LogP contribution < -0.4 is 5.32 Å². The number of aromatic nitrogens is 2. The molecule has 0 saturated carbocycles. The first-order valence-electron chi connectivity index (χ1n) is 9.20. The molecule has 4 nitrogen and oxygen atoms in total. The number of rotatable bonds is 6. The molecular formula is C23H20ClN3O. The normalized spacial score (nSPS) is 10.9. The molecule has 2 N–H and O–H groups in total. The molecule has 0 atom stereocenters. The molecule has 4 rings (SSSR count). The number of carbonyl (C=O) groups excluding carboxylic acids is 1. The van der Waals surface area contributed by atoms with Crippen LogP contribution in [0.4, 0.5) is 0 Å². The fourth-order valence-corrected chi connectivity index (χ4v) is 3.45. The Kier molecular flexibility index (Phi) is 5.40. The third kappa shape index (κ3) is 4.24. The van der Waals surface area contributed by atoms with Crippen molar-refractivity contribution in [3.63, 3.8) is 0 Å². The second-order valence-electron chi connectivity index (χ2n) is 6.74. The van der Waals surface area contributed by atoms with Crippen LogP contribution in [0.25, 0.3) is 10.9 Å². The van der Waals surface area contributed by atoms with Gasteiger partial charge < -0.3 is 10.3 Å². The largest absolute Gasteiger partial charge is 0.361 e. The summed E-state index contributed by atoms with van der Waals surface area (Å²) in [6, 6.07) is 17.5. The van der Waals surface area contributed by atoms with Crippen LogP contribution >= 0.6 is 11.6 Å². The van der Waals surface area contributed by atoms with E-state index >= 15 is 0 Å². The van der Waals surface area contributed by atoms with Crippen molar-refractivity contribution in [2.75, 3.05) is 6.54 Å². The van der Waals surface area contributed by atoms with E-state index in [1.54, 1.807) is 12.4 Å². The fraction of sp³-hybridized carbons (Fsp3) is 0.130. The van der Waals surface area contributed by atoms with Gasteiger partial charge in [0, 0.05) is 46.6 Å². The Balaban J connectivity index is 1.34. The summed E-state index contributed by atoms with van der Waals surface area (Å²) in [6.45, 7) is 0.567. The molecule has 140 valence electrons. The number of aromatic amines is 1. The van der Waals surface area contributed by atoms with Crippen LogP contribution in [0.5, 0.6) is 0 Å². The maximum absolute atomic E-state index is 12.4. The molecule has 4 aromatic rings. The highest BCUT2D eigenvalue weighted by molar-refractivity contribution is 6.31. The minimum Gasteiger partial charge on any atom is -0.361 e. The third-order valence-corrected chi connectivity index (χ3v) is 5.02. The number of benzene rings is 2. The van der Waals surface area contributed by atoms with Crippen molar-refractivity contribution >= 4 is 28.4 Å². The summed E-state index contributed by atoms with van der Waals surface area (Å²) < 4.78 is 0. The lowest BCUT2D eigenvalue weighted by Crippen LogP contribution is -2.25. The lowest BCUT2D eigenvalue weighted by molar-refractivity contribution is 0.0954. The predicted octanol–water partition coefficient (Wildman–Crippen LogP) is 4.78. The van der Waals surface area contributed by atoms with Crippen LogP contribution in [0, 0.1) is 0 Å². The molecule has 0 unspecified atom stereocenters. The molecule has 0 aliphatic heterocycles. The number of hydrogen-bond acceptors (Lipinski definition) is 2. The molecule has 0 bridgehead atoms. The Morgan fingerprint density at radius 1 is 1.00 bits per heavy atom. The second-order valence-corrected chi connectivity index (χ2v) is 7.18. The maximum Gasteiger partial charge on any atom is 0.251 e. The van der Waals surface area contributed by atoms with E-state index in [9.17, 15) is 4.79 Å². The molecule has 28 heavy (non-hydrogen) atoms. The van der Waals surface area contributed by atoms with Crippen molar-refractivity contribution in [2.45, 2.75) is 12.8 Å². The van der Waals surface area contributed by atoms with Crippen LogP contribution in [-0.4, -0.2) is 22.4 Å². The van der Waals surface area contributed by atoms with Gasteiger partial charge in [0.25, 0.3) is 5.91 Å². The quantitative estimate of drug-likeness (QED) is 0.498. The predicted molar refractivity (Wildman–Crippen MR) is 113 cm³/mol. The standard InChI is InChI=1S/C23H20ClN3O/c24-20-5-6-22-21(14-20)19(15-27-22)9-12-26-23(28)18-3-1-16(2-4-18)13-17-7-10-25-11-8-17/h1-8,10-11,14-15,27H,9,12-13H2,(H,26,28). The molecular weight excluding hydrogens is 370 g/mol. The van der Waals surface area contributed by atoms with Crippen LogP contribution in [-0.2, 0) is 12.8 Å². The molecule has 0 fully saturated rings. The number of nitrogens with one attached hydrogen (secondary N) is 2. The van der Waals surface area contributed by atoms with Crippen molar-refractivity contribution in [1.82, 2.24) is 15.3 Å². The Morgan fingerprint density at radius 2 is 1.75 bits per heavy atom. The Bertz CT molecular complexity index is 1090. The number of carbonyl (C=O) groups is 1. The lowest BCUT2D eigenvalue weighted by Gasteiger charge is -2.07. The first-order chi connectivity index (χ1) is 13.7. The van der Waals surface area contributed by atoms with Gasteiger partial charge in [-0.15, -0.1) is 0 Å². The maximum atomic E-state index is 12.4. The van der Waals surface area contributed by atoms with Crippen molar-refractivity contribution in [2.24, 2.45) is 0 Å². The summed E-state index contributed by atoms with van der Waals surface area (Å²) in [5, 5.41) is 4.80. The number of hydrogen-bond donors (Lipinski definition) is 2.